The topological polar surface area (TPSA) is 21.7 Å². The average Bonchev–Trinajstić information content (AvgIpc) is 2.37. The summed E-state index contributed by atoms with van der Waals surface area (Å²) < 4.78 is 10.7. The number of thioether (sulfide) groups is 1. The van der Waals surface area contributed by atoms with Gasteiger partial charge in [-0.2, -0.15) is 11.8 Å². The molecule has 0 saturated heterocycles. The number of hydrogen-bond acceptors (Lipinski definition) is 4. The molecule has 0 bridgehead atoms. The van der Waals surface area contributed by atoms with Gasteiger partial charge in [-0.3, -0.25) is 0 Å². The third kappa shape index (κ3) is 5.84. The van der Waals surface area contributed by atoms with E-state index >= 15 is 0 Å². The van der Waals surface area contributed by atoms with Crippen LogP contribution in [-0.4, -0.2) is 50.8 Å². The van der Waals surface area contributed by atoms with Gasteiger partial charge in [0.25, 0.3) is 0 Å². The molecule has 0 aliphatic heterocycles. The van der Waals surface area contributed by atoms with E-state index in [1.54, 1.807) is 7.11 Å². The van der Waals surface area contributed by atoms with Crippen molar-refractivity contribution in [1.29, 1.82) is 0 Å². The Morgan fingerprint density at radius 1 is 1.12 bits per heavy atom. The van der Waals surface area contributed by atoms with Crippen LogP contribution in [0.5, 0.6) is 11.5 Å². The van der Waals surface area contributed by atoms with Gasteiger partial charge < -0.3 is 14.4 Å². The van der Waals surface area contributed by atoms with Gasteiger partial charge in [0.05, 0.1) is 7.11 Å². The second kappa shape index (κ2) is 8.25. The summed E-state index contributed by atoms with van der Waals surface area (Å²) in [6, 6.07) is 7.68. The Morgan fingerprint density at radius 3 is 2.35 bits per heavy atom. The first-order valence-electron chi connectivity index (χ1n) is 5.70. The van der Waals surface area contributed by atoms with Gasteiger partial charge in [0.1, 0.15) is 18.1 Å². The van der Waals surface area contributed by atoms with Gasteiger partial charge in [0.2, 0.25) is 0 Å². The highest BCUT2D eigenvalue weighted by Crippen LogP contribution is 2.16. The summed E-state index contributed by atoms with van der Waals surface area (Å²) in [5, 5.41) is 0. The molecule has 0 saturated carbocycles. The van der Waals surface area contributed by atoms with Crippen LogP contribution in [0, 0.1) is 0 Å². The molecule has 0 N–H and O–H groups in total. The van der Waals surface area contributed by atoms with Gasteiger partial charge in [0.15, 0.2) is 0 Å². The number of likely N-dealkylation sites (N-methyl/N-ethyl adjacent to an activating group) is 1. The zero-order chi connectivity index (χ0) is 12.5. The smallest absolute Gasteiger partial charge is 0.119 e. The largest absolute Gasteiger partial charge is 0.497 e. The first kappa shape index (κ1) is 14.2. The van der Waals surface area contributed by atoms with E-state index in [0.29, 0.717) is 0 Å². The van der Waals surface area contributed by atoms with Gasteiger partial charge in [-0.25, -0.2) is 0 Å². The van der Waals surface area contributed by atoms with Crippen LogP contribution in [0.1, 0.15) is 0 Å². The van der Waals surface area contributed by atoms with Crippen LogP contribution in [0.15, 0.2) is 24.3 Å². The standard InChI is InChI=1S/C13H21NO2S/c1-14(9-11-17-3)8-10-16-13-6-4-12(15-2)5-7-13/h4-7H,8-11H2,1-3H3. The van der Waals surface area contributed by atoms with E-state index < -0.39 is 0 Å². The third-order valence-electron chi connectivity index (χ3n) is 2.48. The van der Waals surface area contributed by atoms with E-state index in [-0.39, 0.29) is 0 Å². The Labute approximate surface area is 108 Å². The maximum atomic E-state index is 5.65. The van der Waals surface area contributed by atoms with Crippen LogP contribution in [-0.2, 0) is 0 Å². The van der Waals surface area contributed by atoms with E-state index in [0.717, 1.165) is 31.2 Å². The Balaban J connectivity index is 2.21. The second-order valence-electron chi connectivity index (χ2n) is 3.82. The normalized spacial score (nSPS) is 10.6. The van der Waals surface area contributed by atoms with Crippen molar-refractivity contribution in [3.05, 3.63) is 24.3 Å². The summed E-state index contributed by atoms with van der Waals surface area (Å²) in [4.78, 5) is 2.28. The summed E-state index contributed by atoms with van der Waals surface area (Å²) >= 11 is 1.87. The molecular weight excluding hydrogens is 234 g/mol. The van der Waals surface area contributed by atoms with Gasteiger partial charge in [-0.05, 0) is 37.6 Å². The van der Waals surface area contributed by atoms with Crippen molar-refractivity contribution in [3.63, 3.8) is 0 Å². The fourth-order valence-electron chi connectivity index (χ4n) is 1.35. The third-order valence-corrected chi connectivity index (χ3v) is 3.07. The van der Waals surface area contributed by atoms with Crippen LogP contribution in [0.4, 0.5) is 0 Å². The summed E-state index contributed by atoms with van der Waals surface area (Å²) in [7, 11) is 3.78. The molecule has 0 aliphatic carbocycles. The van der Waals surface area contributed by atoms with Crippen molar-refractivity contribution in [1.82, 2.24) is 4.90 Å². The van der Waals surface area contributed by atoms with Crippen molar-refractivity contribution in [2.45, 2.75) is 0 Å². The molecule has 0 amide bonds. The average molecular weight is 255 g/mol. The maximum absolute atomic E-state index is 5.65. The van der Waals surface area contributed by atoms with Crippen molar-refractivity contribution in [2.75, 3.05) is 45.9 Å². The van der Waals surface area contributed by atoms with E-state index in [9.17, 15) is 0 Å². The lowest BCUT2D eigenvalue weighted by Gasteiger charge is -2.16. The van der Waals surface area contributed by atoms with Crippen LogP contribution >= 0.6 is 11.8 Å². The summed E-state index contributed by atoms with van der Waals surface area (Å²) in [6.45, 7) is 2.77. The van der Waals surface area contributed by atoms with Crippen molar-refractivity contribution < 1.29 is 9.47 Å². The highest BCUT2D eigenvalue weighted by atomic mass is 32.2. The molecule has 1 aromatic rings. The van der Waals surface area contributed by atoms with Gasteiger partial charge in [-0.15, -0.1) is 0 Å². The Kier molecular flexibility index (Phi) is 6.89. The van der Waals surface area contributed by atoms with Gasteiger partial charge in [0, 0.05) is 18.8 Å². The van der Waals surface area contributed by atoms with E-state index in [4.69, 9.17) is 9.47 Å². The van der Waals surface area contributed by atoms with Crippen LogP contribution in [0.25, 0.3) is 0 Å². The predicted octanol–water partition coefficient (Wildman–Crippen LogP) is 2.37. The number of rotatable bonds is 8. The molecule has 0 radical (unpaired) electrons. The van der Waals surface area contributed by atoms with Crippen LogP contribution in [0.3, 0.4) is 0 Å². The van der Waals surface area contributed by atoms with Gasteiger partial charge in [-0.1, -0.05) is 0 Å². The lowest BCUT2D eigenvalue weighted by Crippen LogP contribution is -2.26. The summed E-state index contributed by atoms with van der Waals surface area (Å²) in [5.74, 6) is 2.91. The zero-order valence-electron chi connectivity index (χ0n) is 10.8. The number of hydrogen-bond donors (Lipinski definition) is 0. The minimum Gasteiger partial charge on any atom is -0.497 e. The highest BCUT2D eigenvalue weighted by Gasteiger charge is 1.99. The zero-order valence-corrected chi connectivity index (χ0v) is 11.6. The summed E-state index contributed by atoms with van der Waals surface area (Å²) in [6.07, 6.45) is 2.13. The summed E-state index contributed by atoms with van der Waals surface area (Å²) in [5.41, 5.74) is 0. The Hall–Kier alpha value is -0.870. The molecule has 0 heterocycles. The van der Waals surface area contributed by atoms with Gasteiger partial charge >= 0.3 is 0 Å². The molecule has 0 unspecified atom stereocenters. The fourth-order valence-corrected chi connectivity index (χ4v) is 1.84. The number of methoxy groups -OCH3 is 1. The molecule has 0 aromatic heterocycles. The lowest BCUT2D eigenvalue weighted by atomic mass is 10.3. The molecule has 1 rings (SSSR count). The highest BCUT2D eigenvalue weighted by molar-refractivity contribution is 7.98. The molecule has 0 fully saturated rings. The maximum Gasteiger partial charge on any atom is 0.119 e. The fraction of sp³-hybridized carbons (Fsp3) is 0.538. The quantitative estimate of drug-likeness (QED) is 0.711. The molecule has 1 aromatic carbocycles. The molecule has 4 heteroatoms. The molecule has 0 aliphatic rings. The monoisotopic (exact) mass is 255 g/mol. The van der Waals surface area contributed by atoms with Crippen molar-refractivity contribution in [3.8, 4) is 11.5 Å². The van der Waals surface area contributed by atoms with E-state index in [1.165, 1.54) is 5.75 Å². The molecule has 96 valence electrons. The first-order valence-corrected chi connectivity index (χ1v) is 7.10. The molecule has 3 nitrogen and oxygen atoms in total. The minimum atomic E-state index is 0.719. The van der Waals surface area contributed by atoms with Crippen LogP contribution in [0.2, 0.25) is 0 Å². The first-order chi connectivity index (χ1) is 8.26. The molecule has 17 heavy (non-hydrogen) atoms. The van der Waals surface area contributed by atoms with E-state index in [1.807, 2.05) is 36.0 Å². The Morgan fingerprint density at radius 2 is 1.76 bits per heavy atom. The molecule has 0 spiro atoms. The minimum absolute atomic E-state index is 0.719. The second-order valence-corrected chi connectivity index (χ2v) is 4.81. The van der Waals surface area contributed by atoms with E-state index in [2.05, 4.69) is 18.2 Å². The predicted molar refractivity (Wildman–Crippen MR) is 74.4 cm³/mol. The Bertz CT molecular complexity index is 303. The molecular formula is C13H21NO2S. The number of nitrogens with zero attached hydrogens (tertiary/aromatic N) is 1. The van der Waals surface area contributed by atoms with Crippen molar-refractivity contribution in [2.24, 2.45) is 0 Å². The van der Waals surface area contributed by atoms with Crippen LogP contribution < -0.4 is 9.47 Å². The van der Waals surface area contributed by atoms with Crippen molar-refractivity contribution >= 4 is 11.8 Å². The molecule has 0 atom stereocenters. The SMILES string of the molecule is COc1ccc(OCCN(C)CCSC)cc1. The lowest BCUT2D eigenvalue weighted by molar-refractivity contribution is 0.244. The number of ether oxygens (including phenoxy) is 2. The number of benzene rings is 1.